The number of aromatic amines is 2. The Hall–Kier alpha value is -4.53. The molecule has 8 nitrogen and oxygen atoms in total. The van der Waals surface area contributed by atoms with Gasteiger partial charge in [0.2, 0.25) is 5.91 Å². The molecule has 5 aromatic rings. The summed E-state index contributed by atoms with van der Waals surface area (Å²) in [5.74, 6) is 1.92. The number of hydrogen-bond donors (Lipinski definition) is 3. The van der Waals surface area contributed by atoms with Crippen LogP contribution >= 0.6 is 0 Å². The lowest BCUT2D eigenvalue weighted by atomic mass is 10.0. The van der Waals surface area contributed by atoms with Crippen LogP contribution in [0.2, 0.25) is 0 Å². The zero-order valence-electron chi connectivity index (χ0n) is 27.2. The number of rotatable bonds is 13. The topological polar surface area (TPSA) is 92.9 Å². The van der Waals surface area contributed by atoms with E-state index in [2.05, 4.69) is 112 Å². The Morgan fingerprint density at radius 1 is 0.804 bits per heavy atom. The van der Waals surface area contributed by atoms with Crippen molar-refractivity contribution in [2.45, 2.75) is 58.7 Å². The summed E-state index contributed by atoms with van der Waals surface area (Å²) in [4.78, 5) is 34.5. The van der Waals surface area contributed by atoms with E-state index in [9.17, 15) is 4.79 Å². The molecule has 238 valence electrons. The van der Waals surface area contributed by atoms with Gasteiger partial charge >= 0.3 is 0 Å². The summed E-state index contributed by atoms with van der Waals surface area (Å²) < 4.78 is 0. The maximum Gasteiger partial charge on any atom is 0.244 e. The van der Waals surface area contributed by atoms with Gasteiger partial charge in [-0.3, -0.25) is 9.69 Å². The van der Waals surface area contributed by atoms with Gasteiger partial charge in [-0.2, -0.15) is 0 Å². The van der Waals surface area contributed by atoms with E-state index in [0.717, 1.165) is 83.3 Å². The number of aromatic nitrogens is 4. The van der Waals surface area contributed by atoms with E-state index in [0.29, 0.717) is 19.1 Å². The molecule has 0 saturated carbocycles. The van der Waals surface area contributed by atoms with Gasteiger partial charge in [-0.15, -0.1) is 0 Å². The standard InChI is InChI=1S/C38H45N7O/c1-4-23-45(38(46)36(44(5-2)6-3)31-11-8-7-9-12-31)26-35-40-24-33(42-35)29-18-14-27(15-19-29)28-16-20-30(21-17-28)34-25-41-37(43-34)32-13-10-22-39-32/h7-9,11-12,14-21,24-25,32,36,39H,4-6,10,13,22-23,26H2,1-3H3,(H,40,42)(H,41,43)/t32-,36+/m0/s1. The molecule has 2 aromatic heterocycles. The number of likely N-dealkylation sites (N-methyl/N-ethyl adjacent to an activating group) is 1. The Morgan fingerprint density at radius 2 is 1.41 bits per heavy atom. The lowest BCUT2D eigenvalue weighted by Gasteiger charge is -2.33. The van der Waals surface area contributed by atoms with Gasteiger partial charge in [0.05, 0.1) is 36.4 Å². The minimum Gasteiger partial charge on any atom is -0.341 e. The molecule has 46 heavy (non-hydrogen) atoms. The summed E-state index contributed by atoms with van der Waals surface area (Å²) in [5, 5.41) is 3.50. The monoisotopic (exact) mass is 615 g/mol. The molecule has 2 atom stereocenters. The molecule has 3 aromatic carbocycles. The van der Waals surface area contributed by atoms with Crippen molar-refractivity contribution in [3.05, 3.63) is 108 Å². The Morgan fingerprint density at radius 3 is 2.00 bits per heavy atom. The van der Waals surface area contributed by atoms with Crippen LogP contribution < -0.4 is 5.32 Å². The van der Waals surface area contributed by atoms with Crippen molar-refractivity contribution in [2.24, 2.45) is 0 Å². The Balaban J connectivity index is 1.13. The van der Waals surface area contributed by atoms with E-state index >= 15 is 0 Å². The lowest BCUT2D eigenvalue weighted by molar-refractivity contribution is -0.138. The summed E-state index contributed by atoms with van der Waals surface area (Å²) in [6, 6.07) is 27.3. The molecular weight excluding hydrogens is 570 g/mol. The number of H-pyrrole nitrogens is 2. The molecule has 0 spiro atoms. The highest BCUT2D eigenvalue weighted by Gasteiger charge is 2.30. The highest BCUT2D eigenvalue weighted by Crippen LogP contribution is 2.29. The number of nitrogens with zero attached hydrogens (tertiary/aromatic N) is 4. The van der Waals surface area contributed by atoms with Gasteiger partial charge < -0.3 is 20.2 Å². The van der Waals surface area contributed by atoms with Gasteiger partial charge in [-0.05, 0) is 66.7 Å². The average molecular weight is 616 g/mol. The van der Waals surface area contributed by atoms with Gasteiger partial charge in [0.1, 0.15) is 17.7 Å². The van der Waals surface area contributed by atoms with E-state index in [1.807, 2.05) is 35.5 Å². The molecule has 8 heteroatoms. The van der Waals surface area contributed by atoms with E-state index in [1.54, 1.807) is 0 Å². The maximum absolute atomic E-state index is 14.0. The predicted molar refractivity (Wildman–Crippen MR) is 185 cm³/mol. The quantitative estimate of drug-likeness (QED) is 0.129. The van der Waals surface area contributed by atoms with E-state index in [1.165, 1.54) is 6.42 Å². The predicted octanol–water partition coefficient (Wildman–Crippen LogP) is 7.38. The zero-order chi connectivity index (χ0) is 31.9. The normalized spacial score (nSPS) is 15.3. The second-order valence-electron chi connectivity index (χ2n) is 12.0. The number of imidazole rings is 2. The molecule has 1 fully saturated rings. The van der Waals surface area contributed by atoms with Crippen molar-refractivity contribution in [1.82, 2.24) is 35.1 Å². The van der Waals surface area contributed by atoms with Crippen LogP contribution in [0, 0.1) is 0 Å². The Bertz CT molecular complexity index is 1680. The third-order valence-corrected chi connectivity index (χ3v) is 9.01. The van der Waals surface area contributed by atoms with Crippen molar-refractivity contribution in [2.75, 3.05) is 26.2 Å². The molecule has 0 radical (unpaired) electrons. The van der Waals surface area contributed by atoms with E-state index < -0.39 is 0 Å². The third kappa shape index (κ3) is 6.98. The summed E-state index contributed by atoms with van der Waals surface area (Å²) in [5.41, 5.74) is 7.51. The number of hydrogen-bond acceptors (Lipinski definition) is 5. The second-order valence-corrected chi connectivity index (χ2v) is 12.0. The molecule has 1 amide bonds. The smallest absolute Gasteiger partial charge is 0.244 e. The highest BCUT2D eigenvalue weighted by atomic mass is 16.2. The highest BCUT2D eigenvalue weighted by molar-refractivity contribution is 5.83. The summed E-state index contributed by atoms with van der Waals surface area (Å²) in [6.07, 6.45) is 7.00. The minimum atomic E-state index is -0.315. The molecule has 1 saturated heterocycles. The Kier molecular flexibility index (Phi) is 10.1. The first-order valence-corrected chi connectivity index (χ1v) is 16.7. The molecule has 0 unspecified atom stereocenters. The van der Waals surface area contributed by atoms with Crippen LogP contribution in [0.1, 0.15) is 69.3 Å². The molecule has 6 rings (SSSR count). The van der Waals surface area contributed by atoms with Crippen LogP contribution in [0.4, 0.5) is 0 Å². The van der Waals surface area contributed by atoms with Crippen LogP contribution in [-0.4, -0.2) is 61.8 Å². The first-order valence-electron chi connectivity index (χ1n) is 16.7. The van der Waals surface area contributed by atoms with Gasteiger partial charge in [-0.1, -0.05) is 99.6 Å². The largest absolute Gasteiger partial charge is 0.341 e. The molecule has 3 heterocycles. The molecule has 3 N–H and O–H groups in total. The van der Waals surface area contributed by atoms with Crippen molar-refractivity contribution in [3.8, 4) is 33.6 Å². The van der Waals surface area contributed by atoms with E-state index in [-0.39, 0.29) is 11.9 Å². The fraction of sp³-hybridized carbons (Fsp3) is 0.342. The van der Waals surface area contributed by atoms with Gasteiger partial charge in [0.15, 0.2) is 0 Å². The first kappa shape index (κ1) is 31.5. The fourth-order valence-electron chi connectivity index (χ4n) is 6.48. The van der Waals surface area contributed by atoms with Crippen molar-refractivity contribution < 1.29 is 4.79 Å². The molecular formula is C38H45N7O. The lowest BCUT2D eigenvalue weighted by Crippen LogP contribution is -2.43. The molecule has 0 aliphatic carbocycles. The fourth-order valence-corrected chi connectivity index (χ4v) is 6.48. The number of benzene rings is 3. The van der Waals surface area contributed by atoms with Crippen molar-refractivity contribution >= 4 is 5.91 Å². The maximum atomic E-state index is 14.0. The average Bonchev–Trinajstić information content (AvgIpc) is 3.90. The van der Waals surface area contributed by atoms with Crippen molar-refractivity contribution in [1.29, 1.82) is 0 Å². The number of nitrogens with one attached hydrogen (secondary N) is 3. The summed E-state index contributed by atoms with van der Waals surface area (Å²) in [6.45, 7) is 10.1. The summed E-state index contributed by atoms with van der Waals surface area (Å²) in [7, 11) is 0. The number of carbonyl (C=O) groups is 1. The van der Waals surface area contributed by atoms with Crippen LogP contribution in [0.5, 0.6) is 0 Å². The van der Waals surface area contributed by atoms with Crippen LogP contribution in [0.25, 0.3) is 33.6 Å². The van der Waals surface area contributed by atoms with Crippen LogP contribution in [-0.2, 0) is 11.3 Å². The summed E-state index contributed by atoms with van der Waals surface area (Å²) >= 11 is 0. The second kappa shape index (κ2) is 14.7. The SMILES string of the molecule is CCCN(Cc1ncc(-c2ccc(-c3ccc(-c4cnc([C@@H]5CCCN5)[nH]4)cc3)cc2)[nH]1)C(=O)[C@@H](c1ccccc1)N(CC)CC. The number of amides is 1. The zero-order valence-corrected chi connectivity index (χ0v) is 27.2. The van der Waals surface area contributed by atoms with Crippen LogP contribution in [0.15, 0.2) is 91.3 Å². The first-order chi connectivity index (χ1) is 22.6. The van der Waals surface area contributed by atoms with Gasteiger partial charge in [0.25, 0.3) is 0 Å². The van der Waals surface area contributed by atoms with E-state index in [4.69, 9.17) is 0 Å². The molecule has 1 aliphatic heterocycles. The van der Waals surface area contributed by atoms with Gasteiger partial charge in [0, 0.05) is 6.54 Å². The van der Waals surface area contributed by atoms with Gasteiger partial charge in [-0.25, -0.2) is 9.97 Å². The van der Waals surface area contributed by atoms with Crippen molar-refractivity contribution in [3.63, 3.8) is 0 Å². The minimum absolute atomic E-state index is 0.115. The third-order valence-electron chi connectivity index (χ3n) is 9.01. The molecule has 1 aliphatic rings. The Labute approximate surface area is 272 Å². The molecule has 0 bridgehead atoms. The number of carbonyl (C=O) groups excluding carboxylic acids is 1. The van der Waals surface area contributed by atoms with Crippen LogP contribution in [0.3, 0.4) is 0 Å².